The summed E-state index contributed by atoms with van der Waals surface area (Å²) in [4.78, 5) is 24.9. The molecule has 0 bridgehead atoms. The Balaban J connectivity index is 1.79. The Bertz CT molecular complexity index is 648. The second kappa shape index (κ2) is 9.41. The molecule has 0 saturated heterocycles. The fourth-order valence-electron chi connectivity index (χ4n) is 2.94. The van der Waals surface area contributed by atoms with E-state index in [-0.39, 0.29) is 11.8 Å². The van der Waals surface area contributed by atoms with Gasteiger partial charge in [-0.3, -0.25) is 9.59 Å². The van der Waals surface area contributed by atoms with Crippen molar-refractivity contribution in [2.24, 2.45) is 5.41 Å². The summed E-state index contributed by atoms with van der Waals surface area (Å²) in [7, 11) is 1.61. The number of hydrogen-bond acceptors (Lipinski definition) is 3. The summed E-state index contributed by atoms with van der Waals surface area (Å²) in [5, 5.41) is 5.75. The molecule has 0 atom stereocenters. The first kappa shape index (κ1) is 20.0. The molecule has 142 valence electrons. The van der Waals surface area contributed by atoms with Crippen LogP contribution in [0.15, 0.2) is 35.9 Å². The van der Waals surface area contributed by atoms with Gasteiger partial charge in [-0.2, -0.15) is 0 Å². The quantitative estimate of drug-likeness (QED) is 0.553. The number of rotatable bonds is 8. The first-order valence-electron chi connectivity index (χ1n) is 9.31. The molecule has 5 heteroatoms. The minimum absolute atomic E-state index is 0.235. The van der Waals surface area contributed by atoms with Crippen LogP contribution in [-0.4, -0.2) is 25.5 Å². The first-order valence-corrected chi connectivity index (χ1v) is 9.31. The number of ether oxygens (including phenoxy) is 1. The zero-order chi connectivity index (χ0) is 19.0. The van der Waals surface area contributed by atoms with Crippen LogP contribution in [0.5, 0.6) is 5.75 Å². The van der Waals surface area contributed by atoms with Gasteiger partial charge in [0.25, 0.3) is 0 Å². The number of hydrogen-bond donors (Lipinski definition) is 2. The van der Waals surface area contributed by atoms with Crippen LogP contribution in [-0.2, 0) is 16.1 Å². The highest BCUT2D eigenvalue weighted by molar-refractivity contribution is 6.04. The SMILES string of the molecule is COc1ccc(CNC(=O)C(C)(C)C(=O)NCCC2=CCCCC2)cc1. The summed E-state index contributed by atoms with van der Waals surface area (Å²) < 4.78 is 5.12. The summed E-state index contributed by atoms with van der Waals surface area (Å²) in [5.41, 5.74) is 1.27. The average Bonchev–Trinajstić information content (AvgIpc) is 2.67. The van der Waals surface area contributed by atoms with Crippen LogP contribution in [0.25, 0.3) is 0 Å². The van der Waals surface area contributed by atoms with E-state index in [1.807, 2.05) is 24.3 Å². The molecular weight excluding hydrogens is 328 g/mol. The van der Waals surface area contributed by atoms with E-state index in [0.717, 1.165) is 30.6 Å². The summed E-state index contributed by atoms with van der Waals surface area (Å²) in [6.45, 7) is 4.28. The van der Waals surface area contributed by atoms with Gasteiger partial charge >= 0.3 is 0 Å². The summed E-state index contributed by atoms with van der Waals surface area (Å²) in [5.74, 6) is 0.261. The Labute approximate surface area is 156 Å². The number of benzene rings is 1. The van der Waals surface area contributed by atoms with Crippen LogP contribution in [0.1, 0.15) is 51.5 Å². The van der Waals surface area contributed by atoms with Crippen molar-refractivity contribution < 1.29 is 14.3 Å². The lowest BCUT2D eigenvalue weighted by molar-refractivity contribution is -0.141. The van der Waals surface area contributed by atoms with Crippen molar-refractivity contribution in [2.75, 3.05) is 13.7 Å². The third-order valence-corrected chi connectivity index (χ3v) is 4.86. The van der Waals surface area contributed by atoms with Crippen LogP contribution in [0.3, 0.4) is 0 Å². The van der Waals surface area contributed by atoms with Gasteiger partial charge < -0.3 is 15.4 Å². The molecule has 2 amide bonds. The fourth-order valence-corrected chi connectivity index (χ4v) is 2.94. The number of allylic oxidation sites excluding steroid dienone is 1. The molecule has 1 aromatic carbocycles. The summed E-state index contributed by atoms with van der Waals surface area (Å²) in [6, 6.07) is 7.48. The van der Waals surface area contributed by atoms with Crippen LogP contribution >= 0.6 is 0 Å². The Morgan fingerprint density at radius 3 is 2.38 bits per heavy atom. The minimum Gasteiger partial charge on any atom is -0.497 e. The molecule has 0 aromatic heterocycles. The normalized spacial score (nSPS) is 14.3. The lowest BCUT2D eigenvalue weighted by atomic mass is 9.90. The topological polar surface area (TPSA) is 67.4 Å². The van der Waals surface area contributed by atoms with Crippen molar-refractivity contribution in [3.05, 3.63) is 41.5 Å². The summed E-state index contributed by atoms with van der Waals surface area (Å²) >= 11 is 0. The van der Waals surface area contributed by atoms with Crippen molar-refractivity contribution in [3.8, 4) is 5.75 Å². The number of nitrogens with one attached hydrogen (secondary N) is 2. The van der Waals surface area contributed by atoms with Gasteiger partial charge in [-0.15, -0.1) is 0 Å². The monoisotopic (exact) mass is 358 g/mol. The third-order valence-electron chi connectivity index (χ3n) is 4.86. The highest BCUT2D eigenvalue weighted by Crippen LogP contribution is 2.20. The van der Waals surface area contributed by atoms with Crippen LogP contribution in [0, 0.1) is 5.41 Å². The van der Waals surface area contributed by atoms with E-state index >= 15 is 0 Å². The largest absolute Gasteiger partial charge is 0.497 e. The van der Waals surface area contributed by atoms with Gasteiger partial charge in [-0.25, -0.2) is 0 Å². The fraction of sp³-hybridized carbons (Fsp3) is 0.524. The first-order chi connectivity index (χ1) is 12.4. The van der Waals surface area contributed by atoms with Gasteiger partial charge in [0, 0.05) is 13.1 Å². The second-order valence-electron chi connectivity index (χ2n) is 7.27. The van der Waals surface area contributed by atoms with Crippen LogP contribution in [0.4, 0.5) is 0 Å². The van der Waals surface area contributed by atoms with Crippen LogP contribution in [0.2, 0.25) is 0 Å². The summed E-state index contributed by atoms with van der Waals surface area (Å²) in [6.07, 6.45) is 7.91. The maximum Gasteiger partial charge on any atom is 0.235 e. The predicted molar refractivity (Wildman–Crippen MR) is 103 cm³/mol. The molecule has 1 aliphatic carbocycles. The molecule has 0 spiro atoms. The number of carbonyl (C=O) groups excluding carboxylic acids is 2. The van der Waals surface area contributed by atoms with Crippen molar-refractivity contribution >= 4 is 11.8 Å². The molecular formula is C21H30N2O3. The second-order valence-corrected chi connectivity index (χ2v) is 7.27. The Kier molecular flexibility index (Phi) is 7.25. The van der Waals surface area contributed by atoms with Crippen molar-refractivity contribution in [3.63, 3.8) is 0 Å². The minimum atomic E-state index is -1.10. The number of methoxy groups -OCH3 is 1. The van der Waals surface area contributed by atoms with Crippen molar-refractivity contribution in [1.29, 1.82) is 0 Å². The molecule has 2 N–H and O–H groups in total. The van der Waals surface area contributed by atoms with Gasteiger partial charge in [-0.1, -0.05) is 23.8 Å². The maximum absolute atomic E-state index is 12.5. The molecule has 0 saturated carbocycles. The number of amides is 2. The Hall–Kier alpha value is -2.30. The maximum atomic E-state index is 12.5. The molecule has 0 fully saturated rings. The van der Waals surface area contributed by atoms with Crippen molar-refractivity contribution in [2.45, 2.75) is 52.5 Å². The lowest BCUT2D eigenvalue weighted by Gasteiger charge is -2.23. The van der Waals surface area contributed by atoms with E-state index in [9.17, 15) is 9.59 Å². The predicted octanol–water partition coefficient (Wildman–Crippen LogP) is 3.34. The lowest BCUT2D eigenvalue weighted by Crippen LogP contribution is -2.47. The molecule has 0 heterocycles. The van der Waals surface area contributed by atoms with Crippen LogP contribution < -0.4 is 15.4 Å². The highest BCUT2D eigenvalue weighted by atomic mass is 16.5. The Morgan fingerprint density at radius 1 is 1.08 bits per heavy atom. The molecule has 26 heavy (non-hydrogen) atoms. The Morgan fingerprint density at radius 2 is 1.77 bits per heavy atom. The van der Waals surface area contributed by atoms with E-state index in [2.05, 4.69) is 16.7 Å². The molecule has 1 aliphatic rings. The van der Waals surface area contributed by atoms with E-state index < -0.39 is 5.41 Å². The average molecular weight is 358 g/mol. The van der Waals surface area contributed by atoms with Gasteiger partial charge in [0.05, 0.1) is 7.11 Å². The molecule has 2 rings (SSSR count). The third kappa shape index (κ3) is 5.61. The highest BCUT2D eigenvalue weighted by Gasteiger charge is 2.35. The van der Waals surface area contributed by atoms with E-state index in [0.29, 0.717) is 13.1 Å². The standard InChI is InChI=1S/C21H30N2O3/c1-21(2,19(24)22-14-13-16-7-5-4-6-8-16)20(25)23-15-17-9-11-18(26-3)12-10-17/h7,9-12H,4-6,8,13-15H2,1-3H3,(H,22,24)(H,23,25). The van der Waals surface area contributed by atoms with E-state index in [1.54, 1.807) is 21.0 Å². The van der Waals surface area contributed by atoms with Gasteiger partial charge in [-0.05, 0) is 63.6 Å². The van der Waals surface area contributed by atoms with Crippen molar-refractivity contribution in [1.82, 2.24) is 10.6 Å². The molecule has 0 aliphatic heterocycles. The molecule has 1 aromatic rings. The zero-order valence-electron chi connectivity index (χ0n) is 16.1. The van der Waals surface area contributed by atoms with Gasteiger partial charge in [0.1, 0.15) is 11.2 Å². The molecule has 0 radical (unpaired) electrons. The van der Waals surface area contributed by atoms with Gasteiger partial charge in [0.2, 0.25) is 11.8 Å². The van der Waals surface area contributed by atoms with Gasteiger partial charge in [0.15, 0.2) is 0 Å². The zero-order valence-corrected chi connectivity index (χ0v) is 16.1. The number of carbonyl (C=O) groups is 2. The smallest absolute Gasteiger partial charge is 0.235 e. The van der Waals surface area contributed by atoms with E-state index in [4.69, 9.17) is 4.74 Å². The van der Waals surface area contributed by atoms with E-state index in [1.165, 1.54) is 18.4 Å². The molecule has 0 unspecified atom stereocenters. The molecule has 5 nitrogen and oxygen atoms in total.